The van der Waals surface area contributed by atoms with Crippen LogP contribution in [-0.2, 0) is 5.41 Å². The van der Waals surface area contributed by atoms with Crippen molar-refractivity contribution in [2.45, 2.75) is 12.3 Å². The summed E-state index contributed by atoms with van der Waals surface area (Å²) in [7, 11) is 1.71. The summed E-state index contributed by atoms with van der Waals surface area (Å²) in [6.45, 7) is 2.14. The van der Waals surface area contributed by atoms with E-state index in [1.165, 1.54) is 44.3 Å². The molecule has 2 heteroatoms. The van der Waals surface area contributed by atoms with Crippen LogP contribution in [-0.4, -0.2) is 7.11 Å². The summed E-state index contributed by atoms with van der Waals surface area (Å²) in [5.41, 5.74) is 8.32. The van der Waals surface area contributed by atoms with E-state index in [1.54, 1.807) is 7.11 Å². The second-order valence-corrected chi connectivity index (χ2v) is 10.1. The summed E-state index contributed by atoms with van der Waals surface area (Å²) in [4.78, 5) is 0. The van der Waals surface area contributed by atoms with E-state index in [0.717, 1.165) is 22.6 Å². The normalized spacial score (nSPS) is 13.1. The van der Waals surface area contributed by atoms with Gasteiger partial charge in [-0.25, -0.2) is 0 Å². The van der Waals surface area contributed by atoms with Gasteiger partial charge in [0.05, 0.1) is 12.5 Å². The third-order valence-corrected chi connectivity index (χ3v) is 8.09. The van der Waals surface area contributed by atoms with Crippen molar-refractivity contribution in [1.82, 2.24) is 0 Å². The zero-order chi connectivity index (χ0) is 26.4. The first-order valence-corrected chi connectivity index (χ1v) is 13.3. The van der Waals surface area contributed by atoms with Crippen molar-refractivity contribution in [2.75, 3.05) is 7.11 Å². The van der Waals surface area contributed by atoms with Crippen LogP contribution < -0.4 is 9.47 Å². The van der Waals surface area contributed by atoms with Crippen molar-refractivity contribution in [3.05, 3.63) is 161 Å². The molecule has 0 saturated carbocycles. The maximum atomic E-state index is 6.46. The summed E-state index contributed by atoms with van der Waals surface area (Å²) >= 11 is 0. The molecule has 0 radical (unpaired) electrons. The first kappa shape index (κ1) is 23.3. The van der Waals surface area contributed by atoms with Gasteiger partial charge in [0.1, 0.15) is 17.2 Å². The predicted octanol–water partition coefficient (Wildman–Crippen LogP) is 9.31. The van der Waals surface area contributed by atoms with Crippen LogP contribution in [0.5, 0.6) is 17.2 Å². The van der Waals surface area contributed by atoms with Crippen LogP contribution in [0.25, 0.3) is 21.9 Å². The molecule has 0 aliphatic heterocycles. The van der Waals surface area contributed by atoms with Gasteiger partial charge in [-0.1, -0.05) is 103 Å². The van der Waals surface area contributed by atoms with Crippen molar-refractivity contribution >= 4 is 10.8 Å². The van der Waals surface area contributed by atoms with Gasteiger partial charge in [-0.05, 0) is 81.6 Å². The van der Waals surface area contributed by atoms with E-state index < -0.39 is 5.41 Å². The Morgan fingerprint density at radius 3 is 1.64 bits per heavy atom. The van der Waals surface area contributed by atoms with Gasteiger partial charge in [-0.15, -0.1) is 0 Å². The molecular formula is C37H28O2. The van der Waals surface area contributed by atoms with E-state index in [-0.39, 0.29) is 0 Å². The molecule has 0 amide bonds. The maximum Gasteiger partial charge on any atom is 0.135 e. The van der Waals surface area contributed by atoms with Crippen LogP contribution in [0.4, 0.5) is 0 Å². The Morgan fingerprint density at radius 1 is 0.487 bits per heavy atom. The number of methoxy groups -OCH3 is 1. The molecule has 0 aromatic heterocycles. The average Bonchev–Trinajstić information content (AvgIpc) is 3.29. The Hall–Kier alpha value is -4.82. The highest BCUT2D eigenvalue weighted by Gasteiger charge is 2.45. The third-order valence-electron chi connectivity index (χ3n) is 8.09. The molecule has 0 saturated heterocycles. The van der Waals surface area contributed by atoms with Crippen molar-refractivity contribution in [3.8, 4) is 28.4 Å². The highest BCUT2D eigenvalue weighted by atomic mass is 16.5. The Bertz CT molecular complexity index is 1770. The molecule has 188 valence electrons. The average molecular weight is 505 g/mol. The summed E-state index contributed by atoms with van der Waals surface area (Å²) in [6, 6.07) is 47.3. The van der Waals surface area contributed by atoms with Crippen LogP contribution in [0.1, 0.15) is 27.8 Å². The number of hydrogen-bond donors (Lipinski definition) is 0. The van der Waals surface area contributed by atoms with Crippen molar-refractivity contribution in [2.24, 2.45) is 0 Å². The summed E-state index contributed by atoms with van der Waals surface area (Å²) in [5, 5.41) is 2.33. The molecule has 1 aliphatic rings. The molecule has 6 aromatic rings. The van der Waals surface area contributed by atoms with Crippen LogP contribution >= 0.6 is 0 Å². The lowest BCUT2D eigenvalue weighted by atomic mass is 9.68. The van der Waals surface area contributed by atoms with E-state index >= 15 is 0 Å². The minimum Gasteiger partial charge on any atom is -0.497 e. The molecule has 0 fully saturated rings. The van der Waals surface area contributed by atoms with E-state index in [9.17, 15) is 0 Å². The van der Waals surface area contributed by atoms with Gasteiger partial charge >= 0.3 is 0 Å². The number of rotatable bonds is 5. The molecule has 1 aliphatic carbocycles. The fourth-order valence-corrected chi connectivity index (χ4v) is 6.29. The molecular weight excluding hydrogens is 476 g/mol. The highest BCUT2D eigenvalue weighted by molar-refractivity contribution is 5.91. The zero-order valence-electron chi connectivity index (χ0n) is 22.0. The fraction of sp³-hybridized carbons (Fsp3) is 0.0811. The van der Waals surface area contributed by atoms with Crippen molar-refractivity contribution < 1.29 is 9.47 Å². The predicted molar refractivity (Wildman–Crippen MR) is 159 cm³/mol. The van der Waals surface area contributed by atoms with Crippen molar-refractivity contribution in [3.63, 3.8) is 0 Å². The fourth-order valence-electron chi connectivity index (χ4n) is 6.29. The molecule has 0 atom stereocenters. The number of ether oxygens (including phenoxy) is 2. The first-order chi connectivity index (χ1) is 19.2. The summed E-state index contributed by atoms with van der Waals surface area (Å²) in [5.74, 6) is 2.53. The molecule has 0 unspecified atom stereocenters. The Morgan fingerprint density at radius 2 is 1.03 bits per heavy atom. The molecule has 0 N–H and O–H groups in total. The highest BCUT2D eigenvalue weighted by Crippen LogP contribution is 2.56. The number of benzene rings is 6. The topological polar surface area (TPSA) is 18.5 Å². The molecule has 7 rings (SSSR count). The van der Waals surface area contributed by atoms with Gasteiger partial charge in [-0.2, -0.15) is 0 Å². The van der Waals surface area contributed by atoms with E-state index in [4.69, 9.17) is 9.47 Å². The molecule has 0 spiro atoms. The monoisotopic (exact) mass is 504 g/mol. The molecule has 39 heavy (non-hydrogen) atoms. The Balaban J connectivity index is 1.39. The van der Waals surface area contributed by atoms with Gasteiger partial charge < -0.3 is 9.47 Å². The summed E-state index contributed by atoms with van der Waals surface area (Å²) in [6.07, 6.45) is 0. The van der Waals surface area contributed by atoms with Crippen LogP contribution in [0.15, 0.2) is 133 Å². The Labute approximate surface area is 229 Å². The second-order valence-electron chi connectivity index (χ2n) is 10.1. The molecule has 6 aromatic carbocycles. The van der Waals surface area contributed by atoms with E-state index in [0.29, 0.717) is 0 Å². The smallest absolute Gasteiger partial charge is 0.135 e. The summed E-state index contributed by atoms with van der Waals surface area (Å²) < 4.78 is 12.0. The lowest BCUT2D eigenvalue weighted by Gasteiger charge is -2.34. The lowest BCUT2D eigenvalue weighted by molar-refractivity contribution is 0.414. The quantitative estimate of drug-likeness (QED) is 0.232. The van der Waals surface area contributed by atoms with Crippen LogP contribution in [0.2, 0.25) is 0 Å². The largest absolute Gasteiger partial charge is 0.497 e. The third kappa shape index (κ3) is 3.56. The Kier molecular flexibility index (Phi) is 5.49. The van der Waals surface area contributed by atoms with Crippen LogP contribution in [0, 0.1) is 6.92 Å². The standard InChI is InChI=1S/C37H28O2/c1-25-9-7-13-33-30(25)12-8-16-36(33)39-29-23-19-27(20-24-29)37(26-17-21-28(38-2)22-18-26)34-14-5-3-10-31(34)32-11-4-6-15-35(32)37/h3-24H,1-2H3. The maximum absolute atomic E-state index is 6.46. The van der Waals surface area contributed by atoms with Gasteiger partial charge in [0.2, 0.25) is 0 Å². The van der Waals surface area contributed by atoms with Gasteiger partial charge in [-0.3, -0.25) is 0 Å². The SMILES string of the molecule is COc1ccc(C2(c3ccc(Oc4cccc5c(C)cccc45)cc3)c3ccccc3-c3ccccc32)cc1. The molecule has 2 nitrogen and oxygen atoms in total. The molecule has 0 heterocycles. The van der Waals surface area contributed by atoms with Crippen LogP contribution in [0.3, 0.4) is 0 Å². The first-order valence-electron chi connectivity index (χ1n) is 13.3. The number of hydrogen-bond acceptors (Lipinski definition) is 2. The van der Waals surface area contributed by atoms with E-state index in [2.05, 4.69) is 134 Å². The number of fused-ring (bicyclic) bond motifs is 4. The number of aryl methyl sites for hydroxylation is 1. The van der Waals surface area contributed by atoms with Gasteiger partial charge in [0.15, 0.2) is 0 Å². The van der Waals surface area contributed by atoms with Gasteiger partial charge in [0.25, 0.3) is 0 Å². The minimum absolute atomic E-state index is 0.450. The van der Waals surface area contributed by atoms with Crippen molar-refractivity contribution in [1.29, 1.82) is 0 Å². The zero-order valence-corrected chi connectivity index (χ0v) is 22.0. The van der Waals surface area contributed by atoms with E-state index in [1.807, 2.05) is 6.07 Å². The minimum atomic E-state index is -0.450. The van der Waals surface area contributed by atoms with Gasteiger partial charge in [0, 0.05) is 5.39 Å². The second kappa shape index (κ2) is 9.18. The molecule has 0 bridgehead atoms. The lowest BCUT2D eigenvalue weighted by Crippen LogP contribution is -2.28.